The van der Waals surface area contributed by atoms with Crippen molar-refractivity contribution >= 4 is 27.8 Å². The van der Waals surface area contributed by atoms with Gasteiger partial charge in [0, 0.05) is 5.56 Å². The lowest BCUT2D eigenvalue weighted by atomic mass is 10.0. The second-order valence-corrected chi connectivity index (χ2v) is 9.73. The molecular formula is C25H27N3O3S. The van der Waals surface area contributed by atoms with Gasteiger partial charge < -0.3 is 0 Å². The fourth-order valence-electron chi connectivity index (χ4n) is 3.12. The quantitative estimate of drug-likeness (QED) is 0.405. The standard InChI is InChI=1S/C25H27N3O3S/c1-19(2)22-13-9-20(10-14-22)17-26-27-25(29)23-15-11-21(12-16-23)18-28(32(3,30)31)24-7-5-4-6-8-24/h4-17,19H,18H2,1-3H3,(H,27,29)/b26-17+. The van der Waals surface area contributed by atoms with Crippen LogP contribution in [-0.4, -0.2) is 26.8 Å². The number of para-hydroxylation sites is 1. The first-order chi connectivity index (χ1) is 15.2. The number of hydrazone groups is 1. The van der Waals surface area contributed by atoms with E-state index in [1.54, 1.807) is 54.7 Å². The lowest BCUT2D eigenvalue weighted by Gasteiger charge is -2.22. The van der Waals surface area contributed by atoms with Gasteiger partial charge in [0.2, 0.25) is 10.0 Å². The van der Waals surface area contributed by atoms with E-state index in [1.165, 1.54) is 16.1 Å². The monoisotopic (exact) mass is 449 g/mol. The molecule has 7 heteroatoms. The zero-order valence-electron chi connectivity index (χ0n) is 18.4. The highest BCUT2D eigenvalue weighted by atomic mass is 32.2. The van der Waals surface area contributed by atoms with Gasteiger partial charge in [-0.3, -0.25) is 9.10 Å². The van der Waals surface area contributed by atoms with E-state index in [1.807, 2.05) is 30.3 Å². The second-order valence-electron chi connectivity index (χ2n) is 7.82. The second kappa shape index (κ2) is 10.2. The van der Waals surface area contributed by atoms with E-state index in [2.05, 4.69) is 24.4 Å². The molecule has 0 heterocycles. The van der Waals surface area contributed by atoms with Gasteiger partial charge >= 0.3 is 0 Å². The number of hydrogen-bond acceptors (Lipinski definition) is 4. The molecular weight excluding hydrogens is 422 g/mol. The zero-order chi connectivity index (χ0) is 23.1. The maximum absolute atomic E-state index is 12.4. The number of hydrogen-bond donors (Lipinski definition) is 1. The van der Waals surface area contributed by atoms with Crippen LogP contribution >= 0.6 is 0 Å². The van der Waals surface area contributed by atoms with Crippen molar-refractivity contribution in [3.05, 3.63) is 101 Å². The Morgan fingerprint density at radius 2 is 1.59 bits per heavy atom. The van der Waals surface area contributed by atoms with Crippen LogP contribution in [0.3, 0.4) is 0 Å². The summed E-state index contributed by atoms with van der Waals surface area (Å²) in [6.45, 7) is 4.44. The predicted octanol–water partition coefficient (Wildman–Crippen LogP) is 4.54. The van der Waals surface area contributed by atoms with Crippen molar-refractivity contribution in [1.82, 2.24) is 5.43 Å². The van der Waals surface area contributed by atoms with Crippen LogP contribution < -0.4 is 9.73 Å². The topological polar surface area (TPSA) is 78.8 Å². The summed E-state index contributed by atoms with van der Waals surface area (Å²) in [6, 6.07) is 23.7. The molecule has 1 amide bonds. The summed E-state index contributed by atoms with van der Waals surface area (Å²) >= 11 is 0. The molecule has 32 heavy (non-hydrogen) atoms. The Kier molecular flexibility index (Phi) is 7.43. The van der Waals surface area contributed by atoms with E-state index in [9.17, 15) is 13.2 Å². The first-order valence-electron chi connectivity index (χ1n) is 10.3. The van der Waals surface area contributed by atoms with Gasteiger partial charge in [0.25, 0.3) is 5.91 Å². The molecule has 0 aliphatic rings. The molecule has 0 saturated heterocycles. The van der Waals surface area contributed by atoms with Crippen molar-refractivity contribution in [3.8, 4) is 0 Å². The molecule has 0 aliphatic carbocycles. The van der Waals surface area contributed by atoms with E-state index in [0.29, 0.717) is 17.2 Å². The molecule has 0 radical (unpaired) electrons. The van der Waals surface area contributed by atoms with E-state index < -0.39 is 10.0 Å². The average molecular weight is 450 g/mol. The highest BCUT2D eigenvalue weighted by Gasteiger charge is 2.17. The number of carbonyl (C=O) groups excluding carboxylic acids is 1. The number of nitrogens with one attached hydrogen (secondary N) is 1. The fourth-order valence-corrected chi connectivity index (χ4v) is 4.01. The smallest absolute Gasteiger partial charge is 0.267 e. The maximum atomic E-state index is 12.4. The van der Waals surface area contributed by atoms with Gasteiger partial charge in [-0.05, 0) is 46.9 Å². The molecule has 3 aromatic rings. The van der Waals surface area contributed by atoms with Gasteiger partial charge in [-0.2, -0.15) is 5.10 Å². The SMILES string of the molecule is CC(C)c1ccc(/C=N/NC(=O)c2ccc(CN(c3ccccc3)S(C)(=O)=O)cc2)cc1. The normalized spacial score (nSPS) is 11.6. The first kappa shape index (κ1) is 23.2. The molecule has 0 fully saturated rings. The Bertz CT molecular complexity index is 1170. The van der Waals surface area contributed by atoms with Gasteiger partial charge in [0.15, 0.2) is 0 Å². The number of benzene rings is 3. The largest absolute Gasteiger partial charge is 0.271 e. The Hall–Kier alpha value is -3.45. The van der Waals surface area contributed by atoms with Crippen LogP contribution in [-0.2, 0) is 16.6 Å². The first-order valence-corrected chi connectivity index (χ1v) is 12.1. The van der Waals surface area contributed by atoms with Crippen molar-refractivity contribution in [1.29, 1.82) is 0 Å². The summed E-state index contributed by atoms with van der Waals surface area (Å²) in [6.07, 6.45) is 2.77. The lowest BCUT2D eigenvalue weighted by molar-refractivity contribution is 0.0955. The number of amides is 1. The number of anilines is 1. The van der Waals surface area contributed by atoms with Crippen LogP contribution in [0.4, 0.5) is 5.69 Å². The van der Waals surface area contributed by atoms with Crippen LogP contribution in [0.2, 0.25) is 0 Å². The molecule has 0 saturated carbocycles. The highest BCUT2D eigenvalue weighted by Crippen LogP contribution is 2.20. The molecule has 3 aromatic carbocycles. The van der Waals surface area contributed by atoms with Crippen LogP contribution in [0.1, 0.15) is 46.8 Å². The molecule has 0 atom stereocenters. The van der Waals surface area contributed by atoms with Crippen molar-refractivity contribution in [2.75, 3.05) is 10.6 Å². The summed E-state index contributed by atoms with van der Waals surface area (Å²) in [7, 11) is -3.45. The number of carbonyl (C=O) groups is 1. The number of sulfonamides is 1. The Balaban J connectivity index is 1.63. The van der Waals surface area contributed by atoms with Crippen LogP contribution in [0.5, 0.6) is 0 Å². The molecule has 1 N–H and O–H groups in total. The Morgan fingerprint density at radius 1 is 0.969 bits per heavy atom. The van der Waals surface area contributed by atoms with E-state index >= 15 is 0 Å². The van der Waals surface area contributed by atoms with E-state index in [-0.39, 0.29) is 12.5 Å². The molecule has 0 aromatic heterocycles. The zero-order valence-corrected chi connectivity index (χ0v) is 19.2. The van der Waals surface area contributed by atoms with Crippen molar-refractivity contribution < 1.29 is 13.2 Å². The number of rotatable bonds is 8. The summed E-state index contributed by atoms with van der Waals surface area (Å²) < 4.78 is 25.8. The molecule has 6 nitrogen and oxygen atoms in total. The number of nitrogens with zero attached hydrogens (tertiary/aromatic N) is 2. The molecule has 0 unspecified atom stereocenters. The Morgan fingerprint density at radius 3 is 2.16 bits per heavy atom. The van der Waals surface area contributed by atoms with E-state index in [0.717, 1.165) is 11.1 Å². The molecule has 0 spiro atoms. The molecule has 3 rings (SSSR count). The van der Waals surface area contributed by atoms with E-state index in [4.69, 9.17) is 0 Å². The maximum Gasteiger partial charge on any atom is 0.271 e. The van der Waals surface area contributed by atoms with Gasteiger partial charge in [-0.25, -0.2) is 13.8 Å². The third-order valence-electron chi connectivity index (χ3n) is 4.97. The van der Waals surface area contributed by atoms with Crippen LogP contribution in [0.25, 0.3) is 0 Å². The van der Waals surface area contributed by atoms with Gasteiger partial charge in [0.1, 0.15) is 0 Å². The Labute approximate surface area is 189 Å². The van der Waals surface area contributed by atoms with Crippen molar-refractivity contribution in [3.63, 3.8) is 0 Å². The minimum Gasteiger partial charge on any atom is -0.267 e. The third-order valence-corrected chi connectivity index (χ3v) is 6.11. The molecule has 166 valence electrons. The minimum absolute atomic E-state index is 0.176. The van der Waals surface area contributed by atoms with Crippen LogP contribution in [0.15, 0.2) is 84.0 Å². The summed E-state index contributed by atoms with van der Waals surface area (Å²) in [4.78, 5) is 12.4. The molecule has 0 aliphatic heterocycles. The van der Waals surface area contributed by atoms with Crippen LogP contribution in [0, 0.1) is 0 Å². The van der Waals surface area contributed by atoms with Gasteiger partial charge in [-0.15, -0.1) is 0 Å². The molecule has 0 bridgehead atoms. The highest BCUT2D eigenvalue weighted by molar-refractivity contribution is 7.92. The average Bonchev–Trinajstić information content (AvgIpc) is 2.78. The van der Waals surface area contributed by atoms with Gasteiger partial charge in [-0.1, -0.05) is 68.4 Å². The fraction of sp³-hybridized carbons (Fsp3) is 0.200. The lowest BCUT2D eigenvalue weighted by Crippen LogP contribution is -2.29. The minimum atomic E-state index is -3.45. The summed E-state index contributed by atoms with van der Waals surface area (Å²) in [5.41, 5.74) is 6.45. The third kappa shape index (κ3) is 6.28. The summed E-state index contributed by atoms with van der Waals surface area (Å²) in [5, 5.41) is 4.02. The van der Waals surface area contributed by atoms with Crippen molar-refractivity contribution in [2.45, 2.75) is 26.3 Å². The van der Waals surface area contributed by atoms with Crippen molar-refractivity contribution in [2.24, 2.45) is 5.10 Å². The summed E-state index contributed by atoms with van der Waals surface area (Å²) in [5.74, 6) is 0.121. The predicted molar refractivity (Wildman–Crippen MR) is 130 cm³/mol. The van der Waals surface area contributed by atoms with Gasteiger partial charge in [0.05, 0.1) is 24.7 Å².